The molecule has 1 fully saturated rings. The van der Waals surface area contributed by atoms with Crippen LogP contribution in [-0.2, 0) is 4.74 Å². The van der Waals surface area contributed by atoms with Crippen LogP contribution in [0.5, 0.6) is 0 Å². The zero-order chi connectivity index (χ0) is 33.6. The van der Waals surface area contributed by atoms with Gasteiger partial charge in [-0.15, -0.1) is 6.58 Å². The highest BCUT2D eigenvalue weighted by atomic mass is 35.5. The minimum atomic E-state index is -1.08. The first-order chi connectivity index (χ1) is 21.6. The number of fused-ring (bicyclic) bond motifs is 1. The molecule has 3 atom stereocenters. The number of hydrogen-bond acceptors (Lipinski definition) is 3. The number of hydrogen-bond donors (Lipinski definition) is 0. The number of ether oxygens (including phenoxy) is 1. The van der Waals surface area contributed by atoms with Gasteiger partial charge in [-0.05, 0) is 70.1 Å². The second-order valence-electron chi connectivity index (χ2n) is 14.9. The molecule has 0 radical (unpaired) electrons. The number of rotatable bonds is 23. The number of halogens is 2. The van der Waals surface area contributed by atoms with Gasteiger partial charge in [0.25, 0.3) is 0 Å². The third-order valence-corrected chi connectivity index (χ3v) is 13.5. The normalized spacial score (nSPS) is 26.2. The summed E-state index contributed by atoms with van der Waals surface area (Å²) in [4.78, 5) is 8.23. The van der Waals surface area contributed by atoms with E-state index < -0.39 is 4.33 Å². The highest BCUT2D eigenvalue weighted by Gasteiger charge is 2.76. The van der Waals surface area contributed by atoms with Crippen LogP contribution in [0.2, 0.25) is 0 Å². The van der Waals surface area contributed by atoms with Gasteiger partial charge in [-0.2, -0.15) is 0 Å². The number of alkyl halides is 2. The van der Waals surface area contributed by atoms with E-state index in [-0.39, 0.29) is 27.9 Å². The molecule has 0 aliphatic carbocycles. The fourth-order valence-corrected chi connectivity index (χ4v) is 11.4. The Morgan fingerprint density at radius 2 is 1.20 bits per heavy atom. The fourth-order valence-electron chi connectivity index (χ4n) is 10.4. The lowest BCUT2D eigenvalue weighted by Crippen LogP contribution is -2.68. The Morgan fingerprint density at radius 1 is 0.756 bits per heavy atom. The first-order valence-electron chi connectivity index (χ1n) is 19.4. The Hall–Kier alpha value is -0.250. The number of unbranched alkanes of at least 4 members (excludes halogenated alkanes) is 6. The van der Waals surface area contributed by atoms with Gasteiger partial charge in [0.1, 0.15) is 5.84 Å². The summed E-state index contributed by atoms with van der Waals surface area (Å²) in [6.45, 7) is 22.9. The van der Waals surface area contributed by atoms with E-state index in [2.05, 4.69) is 66.0 Å². The lowest BCUT2D eigenvalue weighted by molar-refractivity contribution is -0.185. The predicted molar refractivity (Wildman–Crippen MR) is 201 cm³/mol. The first-order valence-corrected chi connectivity index (χ1v) is 20.2. The number of aliphatic imine (C=N–C) groups is 1. The Morgan fingerprint density at radius 3 is 1.64 bits per heavy atom. The van der Waals surface area contributed by atoms with Gasteiger partial charge in [-0.3, -0.25) is 4.99 Å². The molecule has 3 nitrogen and oxygen atoms in total. The molecule has 0 bridgehead atoms. The van der Waals surface area contributed by atoms with Crippen LogP contribution in [0.4, 0.5) is 0 Å². The number of amidine groups is 1. The van der Waals surface area contributed by atoms with Crippen LogP contribution in [0.1, 0.15) is 183 Å². The molecule has 0 spiro atoms. The highest BCUT2D eigenvalue weighted by molar-refractivity contribution is 6.59. The Labute approximate surface area is 291 Å². The summed E-state index contributed by atoms with van der Waals surface area (Å²) in [5, 5.41) is 0. The van der Waals surface area contributed by atoms with Gasteiger partial charge < -0.3 is 9.64 Å². The van der Waals surface area contributed by atoms with Crippen molar-refractivity contribution in [1.29, 1.82) is 0 Å². The molecule has 2 rings (SSSR count). The highest BCUT2D eigenvalue weighted by Crippen LogP contribution is 2.77. The molecule has 5 heteroatoms. The molecule has 264 valence electrons. The largest absolute Gasteiger partial charge is 0.382 e. The molecular weight excluding hydrogens is 595 g/mol. The van der Waals surface area contributed by atoms with Gasteiger partial charge in [-0.25, -0.2) is 0 Å². The monoisotopic (exact) mass is 669 g/mol. The van der Waals surface area contributed by atoms with Gasteiger partial charge in [0.15, 0.2) is 4.33 Å². The van der Waals surface area contributed by atoms with Crippen molar-refractivity contribution in [2.45, 2.75) is 199 Å². The van der Waals surface area contributed by atoms with E-state index in [1.807, 2.05) is 7.11 Å². The topological polar surface area (TPSA) is 24.8 Å². The van der Waals surface area contributed by atoms with E-state index in [0.29, 0.717) is 0 Å². The van der Waals surface area contributed by atoms with Crippen LogP contribution in [0.3, 0.4) is 0 Å². The molecule has 0 aromatic carbocycles. The lowest BCUT2D eigenvalue weighted by atomic mass is 9.38. The molecule has 1 saturated heterocycles. The molecule has 45 heavy (non-hydrogen) atoms. The summed E-state index contributed by atoms with van der Waals surface area (Å²) in [6, 6.07) is 0. The van der Waals surface area contributed by atoms with Crippen molar-refractivity contribution in [3.63, 3.8) is 0 Å². The molecular formula is C40H74Cl2N2O. The smallest absolute Gasteiger partial charge is 0.180 e. The molecule has 0 aromatic heterocycles. The van der Waals surface area contributed by atoms with Gasteiger partial charge in [0.2, 0.25) is 0 Å². The van der Waals surface area contributed by atoms with Crippen LogP contribution in [0.25, 0.3) is 0 Å². The van der Waals surface area contributed by atoms with Crippen molar-refractivity contribution in [3.8, 4) is 0 Å². The van der Waals surface area contributed by atoms with E-state index in [4.69, 9.17) is 32.9 Å². The number of nitrogens with zero attached hydrogens (tertiary/aromatic N) is 2. The van der Waals surface area contributed by atoms with Crippen LogP contribution in [-0.4, -0.2) is 46.9 Å². The Kier molecular flexibility index (Phi) is 17.3. The third kappa shape index (κ3) is 7.66. The third-order valence-electron chi connectivity index (χ3n) is 12.4. The van der Waals surface area contributed by atoms with Gasteiger partial charge >= 0.3 is 0 Å². The van der Waals surface area contributed by atoms with Crippen LogP contribution in [0.15, 0.2) is 17.6 Å². The predicted octanol–water partition coefficient (Wildman–Crippen LogP) is 13.1. The average molecular weight is 670 g/mol. The Bertz CT molecular complexity index is 872. The van der Waals surface area contributed by atoms with Gasteiger partial charge in [0, 0.05) is 31.0 Å². The van der Waals surface area contributed by atoms with Crippen LogP contribution in [0, 0.1) is 16.2 Å². The average Bonchev–Trinajstić information content (AvgIpc) is 3.08. The zero-order valence-electron chi connectivity index (χ0n) is 31.2. The lowest BCUT2D eigenvalue weighted by Gasteiger charge is -2.68. The molecule has 2 aliphatic rings. The molecule has 0 N–H and O–H groups in total. The minimum Gasteiger partial charge on any atom is -0.382 e. The quantitative estimate of drug-likeness (QED) is 0.0799. The maximum atomic E-state index is 8.30. The molecule has 0 aromatic rings. The van der Waals surface area contributed by atoms with Gasteiger partial charge in [0.05, 0.1) is 11.6 Å². The summed E-state index contributed by atoms with van der Waals surface area (Å²) in [5.74, 6) is 1.00. The molecule has 2 aliphatic heterocycles. The van der Waals surface area contributed by atoms with E-state index >= 15 is 0 Å². The molecule has 2 heterocycles. The number of allylic oxidation sites excluding steroid dienone is 1. The molecule has 3 unspecified atom stereocenters. The van der Waals surface area contributed by atoms with Crippen molar-refractivity contribution < 1.29 is 4.74 Å². The fraction of sp³-hybridized carbons (Fsp3) is 0.925. The first kappa shape index (κ1) is 40.9. The summed E-state index contributed by atoms with van der Waals surface area (Å²) in [5.41, 5.74) is -0.633. The van der Waals surface area contributed by atoms with Crippen molar-refractivity contribution >= 4 is 29.0 Å². The van der Waals surface area contributed by atoms with E-state index in [1.54, 1.807) is 0 Å². The van der Waals surface area contributed by atoms with E-state index in [1.165, 1.54) is 64.2 Å². The SMILES string of the molecule is C=CCC1(CCCC)C(CCCC)(CCCC)C(Cl)(Cl)C2=NCCCN2C(CCCC)(CC(C)OC)C1(CCCC)CCCC. The van der Waals surface area contributed by atoms with Crippen molar-refractivity contribution in [2.75, 3.05) is 20.2 Å². The van der Waals surface area contributed by atoms with E-state index in [9.17, 15) is 0 Å². The van der Waals surface area contributed by atoms with Crippen molar-refractivity contribution in [3.05, 3.63) is 12.7 Å². The van der Waals surface area contributed by atoms with Crippen molar-refractivity contribution in [1.82, 2.24) is 4.90 Å². The minimum absolute atomic E-state index is 0.0253. The summed E-state index contributed by atoms with van der Waals surface area (Å²) < 4.78 is 5.19. The van der Waals surface area contributed by atoms with Crippen LogP contribution >= 0.6 is 23.2 Å². The maximum Gasteiger partial charge on any atom is 0.180 e. The summed E-state index contributed by atoms with van der Waals surface area (Å²) in [7, 11) is 1.91. The Balaban J connectivity index is 3.43. The molecule has 0 amide bonds. The van der Waals surface area contributed by atoms with Crippen molar-refractivity contribution in [2.24, 2.45) is 21.2 Å². The van der Waals surface area contributed by atoms with Gasteiger partial charge in [-0.1, -0.05) is 148 Å². The summed E-state index contributed by atoms with van der Waals surface area (Å²) in [6.07, 6.45) is 26.3. The standard InChI is InChI=1S/C40H74Cl2N2O/c1-10-17-25-36(24-16-7)37(26-18-11-2,27-19-12-3)39(30-22-15-6,33-34(8)45-9)44-32-23-31-43-35(44)40(41,42)38(36,28-20-13-4)29-21-14-5/h16,34H,7,10-15,17-33H2,1-6,8-9H3. The van der Waals surface area contributed by atoms with Crippen LogP contribution < -0.4 is 0 Å². The van der Waals surface area contributed by atoms with E-state index in [0.717, 1.165) is 89.6 Å². The molecule has 0 saturated carbocycles. The zero-order valence-corrected chi connectivity index (χ0v) is 32.7. The second kappa shape index (κ2) is 19.1. The maximum absolute atomic E-state index is 8.30. The second-order valence-corrected chi connectivity index (χ2v) is 16.3. The number of methoxy groups -OCH3 is 1. The summed E-state index contributed by atoms with van der Waals surface area (Å²) >= 11 is 16.6.